The SMILES string of the molecule is NC(CCC(=O)O)c1ccccc1N1CC(=O)NC(=O)C1. The van der Waals surface area contributed by atoms with E-state index in [-0.39, 0.29) is 31.3 Å². The third-order valence-corrected chi connectivity index (χ3v) is 3.29. The number of aliphatic carboxylic acids is 1. The standard InChI is InChI=1S/C14H17N3O4/c15-10(5-6-14(20)21)9-3-1-2-4-11(9)17-7-12(18)16-13(19)8-17/h1-4,10H,5-8,15H2,(H,20,21)(H,16,18,19). The molecule has 1 fully saturated rings. The lowest BCUT2D eigenvalue weighted by atomic mass is 10.00. The number of carboxylic acid groups (broad SMARTS) is 1. The van der Waals surface area contributed by atoms with Gasteiger partial charge in [-0.3, -0.25) is 19.7 Å². The van der Waals surface area contributed by atoms with E-state index in [4.69, 9.17) is 10.8 Å². The van der Waals surface area contributed by atoms with Crippen LogP contribution in [0.4, 0.5) is 5.69 Å². The van der Waals surface area contributed by atoms with Crippen molar-refractivity contribution in [2.24, 2.45) is 5.73 Å². The third-order valence-electron chi connectivity index (χ3n) is 3.29. The van der Waals surface area contributed by atoms with Crippen LogP contribution in [-0.4, -0.2) is 36.0 Å². The quantitative estimate of drug-likeness (QED) is 0.659. The zero-order valence-corrected chi connectivity index (χ0v) is 11.4. The van der Waals surface area contributed by atoms with Crippen molar-refractivity contribution < 1.29 is 19.5 Å². The topological polar surface area (TPSA) is 113 Å². The number of carbonyl (C=O) groups excluding carboxylic acids is 2. The number of nitrogens with zero attached hydrogens (tertiary/aromatic N) is 1. The molecule has 1 aromatic carbocycles. The second kappa shape index (κ2) is 6.36. The van der Waals surface area contributed by atoms with Gasteiger partial charge in [-0.05, 0) is 18.1 Å². The Morgan fingerprint density at radius 2 is 1.90 bits per heavy atom. The zero-order chi connectivity index (χ0) is 15.4. The van der Waals surface area contributed by atoms with Crippen molar-refractivity contribution in [1.82, 2.24) is 5.32 Å². The minimum Gasteiger partial charge on any atom is -0.481 e. The van der Waals surface area contributed by atoms with Crippen LogP contribution in [0.25, 0.3) is 0 Å². The van der Waals surface area contributed by atoms with E-state index in [9.17, 15) is 14.4 Å². The van der Waals surface area contributed by atoms with Gasteiger partial charge in [0.1, 0.15) is 0 Å². The Balaban J connectivity index is 2.21. The summed E-state index contributed by atoms with van der Waals surface area (Å²) in [5.41, 5.74) is 7.48. The van der Waals surface area contributed by atoms with Crippen molar-refractivity contribution in [2.75, 3.05) is 18.0 Å². The zero-order valence-electron chi connectivity index (χ0n) is 11.4. The van der Waals surface area contributed by atoms with Gasteiger partial charge in [-0.2, -0.15) is 0 Å². The van der Waals surface area contributed by atoms with Gasteiger partial charge >= 0.3 is 5.97 Å². The minimum absolute atomic E-state index is 0.0328. The van der Waals surface area contributed by atoms with Crippen LogP contribution in [0.5, 0.6) is 0 Å². The molecule has 4 N–H and O–H groups in total. The van der Waals surface area contributed by atoms with Gasteiger partial charge in [0, 0.05) is 18.2 Å². The van der Waals surface area contributed by atoms with Crippen LogP contribution in [-0.2, 0) is 14.4 Å². The normalized spacial score (nSPS) is 16.5. The average Bonchev–Trinajstić information content (AvgIpc) is 2.43. The fourth-order valence-electron chi connectivity index (χ4n) is 2.33. The van der Waals surface area contributed by atoms with Crippen LogP contribution in [0.3, 0.4) is 0 Å². The molecule has 7 heteroatoms. The van der Waals surface area contributed by atoms with Gasteiger partial charge in [0.25, 0.3) is 0 Å². The van der Waals surface area contributed by atoms with Crippen molar-refractivity contribution in [1.29, 1.82) is 0 Å². The Bertz CT molecular complexity index is 557. The van der Waals surface area contributed by atoms with Crippen molar-refractivity contribution in [3.63, 3.8) is 0 Å². The molecule has 0 bridgehead atoms. The molecular weight excluding hydrogens is 274 g/mol. The van der Waals surface area contributed by atoms with E-state index >= 15 is 0 Å². The third kappa shape index (κ3) is 3.79. The van der Waals surface area contributed by atoms with Crippen LogP contribution in [0.1, 0.15) is 24.4 Å². The van der Waals surface area contributed by atoms with Crippen LogP contribution in [0, 0.1) is 0 Å². The number of para-hydroxylation sites is 1. The number of amides is 2. The Hall–Kier alpha value is -2.41. The number of imide groups is 1. The summed E-state index contributed by atoms with van der Waals surface area (Å²) in [4.78, 5) is 35.2. The highest BCUT2D eigenvalue weighted by Gasteiger charge is 2.25. The van der Waals surface area contributed by atoms with Gasteiger partial charge in [0.2, 0.25) is 11.8 Å². The number of carbonyl (C=O) groups is 3. The predicted octanol–water partition coefficient (Wildman–Crippen LogP) is 0.0140. The molecule has 0 spiro atoms. The first-order valence-corrected chi connectivity index (χ1v) is 6.61. The molecule has 112 valence electrons. The first-order valence-electron chi connectivity index (χ1n) is 6.61. The largest absolute Gasteiger partial charge is 0.481 e. The maximum atomic E-state index is 11.5. The van der Waals surface area contributed by atoms with Crippen molar-refractivity contribution in [3.05, 3.63) is 29.8 Å². The smallest absolute Gasteiger partial charge is 0.303 e. The van der Waals surface area contributed by atoms with Crippen molar-refractivity contribution >= 4 is 23.5 Å². The molecule has 1 saturated heterocycles. The molecule has 7 nitrogen and oxygen atoms in total. The number of carboxylic acids is 1. The van der Waals surface area contributed by atoms with Crippen LogP contribution < -0.4 is 16.0 Å². The number of anilines is 1. The highest BCUT2D eigenvalue weighted by atomic mass is 16.4. The second-order valence-corrected chi connectivity index (χ2v) is 4.93. The Morgan fingerprint density at radius 3 is 2.52 bits per heavy atom. The summed E-state index contributed by atoms with van der Waals surface area (Å²) in [5.74, 6) is -1.63. The molecule has 2 rings (SSSR count). The van der Waals surface area contributed by atoms with Gasteiger partial charge in [-0.15, -0.1) is 0 Å². The second-order valence-electron chi connectivity index (χ2n) is 4.93. The van der Waals surface area contributed by atoms with E-state index in [0.29, 0.717) is 12.1 Å². The lowest BCUT2D eigenvalue weighted by Crippen LogP contribution is -2.51. The van der Waals surface area contributed by atoms with Crippen LogP contribution in [0.2, 0.25) is 0 Å². The summed E-state index contributed by atoms with van der Waals surface area (Å²) in [5, 5.41) is 11.0. The van der Waals surface area contributed by atoms with Gasteiger partial charge in [-0.1, -0.05) is 18.2 Å². The minimum atomic E-state index is -0.907. The fraction of sp³-hybridized carbons (Fsp3) is 0.357. The highest BCUT2D eigenvalue weighted by Crippen LogP contribution is 2.28. The van der Waals surface area contributed by atoms with E-state index in [1.54, 1.807) is 29.2 Å². The predicted molar refractivity (Wildman–Crippen MR) is 75.6 cm³/mol. The summed E-state index contributed by atoms with van der Waals surface area (Å²) < 4.78 is 0. The van der Waals surface area contributed by atoms with E-state index in [1.807, 2.05) is 0 Å². The van der Waals surface area contributed by atoms with E-state index < -0.39 is 12.0 Å². The van der Waals surface area contributed by atoms with Crippen molar-refractivity contribution in [3.8, 4) is 0 Å². The number of piperazine rings is 1. The van der Waals surface area contributed by atoms with Crippen molar-refractivity contribution in [2.45, 2.75) is 18.9 Å². The molecule has 0 radical (unpaired) electrons. The van der Waals surface area contributed by atoms with Crippen LogP contribution >= 0.6 is 0 Å². The number of rotatable bonds is 5. The number of benzene rings is 1. The molecule has 1 aliphatic rings. The average molecular weight is 291 g/mol. The number of nitrogens with two attached hydrogens (primary N) is 1. The summed E-state index contributed by atoms with van der Waals surface area (Å²) in [6, 6.07) is 6.70. The molecule has 0 aliphatic carbocycles. The molecule has 21 heavy (non-hydrogen) atoms. The maximum Gasteiger partial charge on any atom is 0.303 e. The van der Waals surface area contributed by atoms with Gasteiger partial charge in [-0.25, -0.2) is 0 Å². The molecule has 1 aromatic rings. The first kappa shape index (κ1) is 15.0. The van der Waals surface area contributed by atoms with E-state index in [2.05, 4.69) is 5.32 Å². The van der Waals surface area contributed by atoms with Gasteiger partial charge in [0.05, 0.1) is 13.1 Å². The summed E-state index contributed by atoms with van der Waals surface area (Å²) in [7, 11) is 0. The molecule has 1 unspecified atom stereocenters. The van der Waals surface area contributed by atoms with Gasteiger partial charge in [0.15, 0.2) is 0 Å². The number of nitrogens with one attached hydrogen (secondary N) is 1. The van der Waals surface area contributed by atoms with E-state index in [0.717, 1.165) is 5.56 Å². The maximum absolute atomic E-state index is 11.5. The van der Waals surface area contributed by atoms with E-state index in [1.165, 1.54) is 0 Å². The van der Waals surface area contributed by atoms with Crippen LogP contribution in [0.15, 0.2) is 24.3 Å². The molecule has 1 heterocycles. The highest BCUT2D eigenvalue weighted by molar-refractivity contribution is 6.02. The first-order chi connectivity index (χ1) is 9.97. The molecule has 0 aromatic heterocycles. The summed E-state index contributed by atoms with van der Waals surface area (Å²) >= 11 is 0. The number of hydrogen-bond acceptors (Lipinski definition) is 5. The molecule has 1 atom stereocenters. The Morgan fingerprint density at radius 1 is 1.29 bits per heavy atom. The summed E-state index contributed by atoms with van der Waals surface area (Å²) in [6.45, 7) is 0.156. The lowest BCUT2D eigenvalue weighted by molar-refractivity contribution is -0.137. The molecule has 1 aliphatic heterocycles. The molecule has 0 saturated carbocycles. The molecular formula is C14H17N3O4. The summed E-state index contributed by atoms with van der Waals surface area (Å²) in [6.07, 6.45) is 0.259. The Kier molecular flexibility index (Phi) is 4.54. The lowest BCUT2D eigenvalue weighted by Gasteiger charge is -2.30. The number of hydrogen-bond donors (Lipinski definition) is 3. The van der Waals surface area contributed by atoms with Gasteiger partial charge < -0.3 is 15.7 Å². The Labute approximate surface area is 121 Å². The molecule has 2 amide bonds. The fourth-order valence-corrected chi connectivity index (χ4v) is 2.33. The monoisotopic (exact) mass is 291 g/mol.